The summed E-state index contributed by atoms with van der Waals surface area (Å²) in [5.74, 6) is 1.32. The third-order valence-electron chi connectivity index (χ3n) is 5.16. The summed E-state index contributed by atoms with van der Waals surface area (Å²) in [6, 6.07) is 23.1. The van der Waals surface area contributed by atoms with E-state index in [1.54, 1.807) is 7.11 Å². The summed E-state index contributed by atoms with van der Waals surface area (Å²) in [6.45, 7) is 2.19. The van der Waals surface area contributed by atoms with Gasteiger partial charge < -0.3 is 4.74 Å². The Kier molecular flexibility index (Phi) is 7.78. The Balaban J connectivity index is 1.62. The number of para-hydroxylation sites is 2. The minimum absolute atomic E-state index is 0.173. The molecule has 0 aliphatic carbocycles. The molecule has 3 aromatic carbocycles. The molecule has 1 heterocycles. The van der Waals surface area contributed by atoms with Crippen LogP contribution in [0.25, 0.3) is 11.0 Å². The quantitative estimate of drug-likeness (QED) is 0.127. The predicted octanol–water partition coefficient (Wildman–Crippen LogP) is 7.19. The van der Waals surface area contributed by atoms with Gasteiger partial charge in [-0.05, 0) is 66.9 Å². The highest BCUT2D eigenvalue weighted by Crippen LogP contribution is 2.24. The molecule has 0 aliphatic rings. The second-order valence-electron chi connectivity index (χ2n) is 7.60. The van der Waals surface area contributed by atoms with Gasteiger partial charge in [0.05, 0.1) is 23.8 Å². The standard InChI is InChI=1S/C26H25ClN6O/c1-3-4-7-18-10-14-20(15-11-18)30-31-25(19-12-16-21(34-2)17-13-19)32-33-26-24(27)28-22-8-5-6-9-23(22)29-26/h5-6,8-17,30H,3-4,7H2,1-2H3/b31-25+,33-32?. The first-order valence-corrected chi connectivity index (χ1v) is 11.4. The summed E-state index contributed by atoms with van der Waals surface area (Å²) in [6.07, 6.45) is 3.41. The first-order chi connectivity index (χ1) is 16.7. The number of methoxy groups -OCH3 is 1. The zero-order valence-electron chi connectivity index (χ0n) is 19.1. The normalized spacial score (nSPS) is 11.8. The summed E-state index contributed by atoms with van der Waals surface area (Å²) in [5, 5.41) is 13.3. The molecule has 0 bridgehead atoms. The number of unbranched alkanes of at least 4 members (excludes halogenated alkanes) is 1. The van der Waals surface area contributed by atoms with Crippen LogP contribution in [-0.2, 0) is 6.42 Å². The molecule has 34 heavy (non-hydrogen) atoms. The van der Waals surface area contributed by atoms with Crippen LogP contribution in [0.1, 0.15) is 30.9 Å². The number of hydrazone groups is 1. The highest BCUT2D eigenvalue weighted by atomic mass is 35.5. The lowest BCUT2D eigenvalue weighted by molar-refractivity contribution is 0.415. The number of rotatable bonds is 8. The van der Waals surface area contributed by atoms with Crippen LogP contribution < -0.4 is 10.2 Å². The van der Waals surface area contributed by atoms with Crippen LogP contribution in [-0.4, -0.2) is 22.9 Å². The van der Waals surface area contributed by atoms with E-state index in [-0.39, 0.29) is 11.0 Å². The van der Waals surface area contributed by atoms with Crippen molar-refractivity contribution >= 4 is 40.0 Å². The molecule has 1 N–H and O–H groups in total. The van der Waals surface area contributed by atoms with Crippen LogP contribution in [0.4, 0.5) is 11.5 Å². The van der Waals surface area contributed by atoms with Crippen molar-refractivity contribution in [1.82, 2.24) is 9.97 Å². The molecule has 0 atom stereocenters. The van der Waals surface area contributed by atoms with Gasteiger partial charge in [-0.1, -0.05) is 49.2 Å². The Morgan fingerprint density at radius 3 is 2.32 bits per heavy atom. The van der Waals surface area contributed by atoms with E-state index < -0.39 is 0 Å². The maximum atomic E-state index is 6.30. The third kappa shape index (κ3) is 5.94. The van der Waals surface area contributed by atoms with Gasteiger partial charge in [0.2, 0.25) is 11.7 Å². The van der Waals surface area contributed by atoms with Crippen LogP contribution in [0.5, 0.6) is 5.75 Å². The van der Waals surface area contributed by atoms with Crippen LogP contribution in [0, 0.1) is 0 Å². The van der Waals surface area contributed by atoms with Crippen molar-refractivity contribution in [3.63, 3.8) is 0 Å². The fourth-order valence-corrected chi connectivity index (χ4v) is 3.43. The van der Waals surface area contributed by atoms with Gasteiger partial charge in [0.15, 0.2) is 5.15 Å². The van der Waals surface area contributed by atoms with E-state index in [1.807, 2.05) is 60.7 Å². The van der Waals surface area contributed by atoms with E-state index in [4.69, 9.17) is 16.3 Å². The number of nitrogens with one attached hydrogen (secondary N) is 1. The predicted molar refractivity (Wildman–Crippen MR) is 137 cm³/mol. The minimum atomic E-state index is 0.173. The molecular weight excluding hydrogens is 448 g/mol. The highest BCUT2D eigenvalue weighted by molar-refractivity contribution is 6.31. The molecule has 4 aromatic rings. The number of nitrogens with zero attached hydrogens (tertiary/aromatic N) is 5. The number of anilines is 1. The monoisotopic (exact) mass is 472 g/mol. The molecule has 0 radical (unpaired) electrons. The van der Waals surface area contributed by atoms with Gasteiger partial charge in [-0.15, -0.1) is 10.2 Å². The summed E-state index contributed by atoms with van der Waals surface area (Å²) >= 11 is 6.30. The van der Waals surface area contributed by atoms with E-state index in [0.29, 0.717) is 16.9 Å². The highest BCUT2D eigenvalue weighted by Gasteiger charge is 2.08. The van der Waals surface area contributed by atoms with Crippen molar-refractivity contribution in [3.05, 3.63) is 89.1 Å². The van der Waals surface area contributed by atoms with Crippen LogP contribution in [0.3, 0.4) is 0 Å². The molecule has 4 rings (SSSR count). The summed E-state index contributed by atoms with van der Waals surface area (Å²) < 4.78 is 5.26. The Labute approximate surface area is 203 Å². The maximum Gasteiger partial charge on any atom is 0.212 e. The van der Waals surface area contributed by atoms with Crippen LogP contribution in [0.2, 0.25) is 5.15 Å². The van der Waals surface area contributed by atoms with Crippen LogP contribution >= 0.6 is 11.6 Å². The number of aromatic nitrogens is 2. The van der Waals surface area contributed by atoms with Gasteiger partial charge >= 0.3 is 0 Å². The van der Waals surface area contributed by atoms with E-state index in [0.717, 1.165) is 23.4 Å². The van der Waals surface area contributed by atoms with Gasteiger partial charge in [0.25, 0.3) is 0 Å². The van der Waals surface area contributed by atoms with E-state index in [1.165, 1.54) is 18.4 Å². The summed E-state index contributed by atoms with van der Waals surface area (Å²) in [7, 11) is 1.62. The van der Waals surface area contributed by atoms with Crippen molar-refractivity contribution in [1.29, 1.82) is 0 Å². The van der Waals surface area contributed by atoms with E-state index >= 15 is 0 Å². The Hall–Kier alpha value is -3.84. The van der Waals surface area contributed by atoms with E-state index in [2.05, 4.69) is 49.8 Å². The van der Waals surface area contributed by atoms with Crippen molar-refractivity contribution in [3.8, 4) is 5.75 Å². The van der Waals surface area contributed by atoms with Crippen molar-refractivity contribution in [2.75, 3.05) is 12.5 Å². The Morgan fingerprint density at radius 1 is 0.941 bits per heavy atom. The van der Waals surface area contributed by atoms with Gasteiger partial charge in [-0.25, -0.2) is 9.97 Å². The van der Waals surface area contributed by atoms with E-state index in [9.17, 15) is 0 Å². The number of ether oxygens (including phenoxy) is 1. The second-order valence-corrected chi connectivity index (χ2v) is 7.96. The molecule has 0 fully saturated rings. The molecule has 0 amide bonds. The maximum absolute atomic E-state index is 6.30. The molecule has 8 heteroatoms. The molecule has 0 saturated heterocycles. The average molecular weight is 473 g/mol. The van der Waals surface area contributed by atoms with Crippen molar-refractivity contribution in [2.45, 2.75) is 26.2 Å². The molecule has 1 aromatic heterocycles. The van der Waals surface area contributed by atoms with Gasteiger partial charge in [-0.3, -0.25) is 5.43 Å². The fraction of sp³-hybridized carbons (Fsp3) is 0.192. The number of hydrogen-bond donors (Lipinski definition) is 1. The number of halogens is 1. The van der Waals surface area contributed by atoms with Gasteiger partial charge in [0.1, 0.15) is 5.75 Å². The lowest BCUT2D eigenvalue weighted by Gasteiger charge is -2.06. The SMILES string of the molecule is CCCCc1ccc(N/N=C(/N=Nc2nc3ccccc3nc2Cl)c2ccc(OC)cc2)cc1. The van der Waals surface area contributed by atoms with Gasteiger partial charge in [-0.2, -0.15) is 5.10 Å². The molecular formula is C26H25ClN6O. The fourth-order valence-electron chi connectivity index (χ4n) is 3.26. The summed E-state index contributed by atoms with van der Waals surface area (Å²) in [4.78, 5) is 8.82. The first-order valence-electron chi connectivity index (χ1n) is 11.1. The Morgan fingerprint density at radius 2 is 1.65 bits per heavy atom. The second kappa shape index (κ2) is 11.3. The number of fused-ring (bicyclic) bond motifs is 1. The minimum Gasteiger partial charge on any atom is -0.497 e. The number of benzene rings is 3. The molecule has 0 saturated carbocycles. The molecule has 0 aliphatic heterocycles. The van der Waals surface area contributed by atoms with Crippen molar-refractivity contribution in [2.24, 2.45) is 15.3 Å². The zero-order valence-corrected chi connectivity index (χ0v) is 19.8. The Bertz CT molecular complexity index is 1300. The lowest BCUT2D eigenvalue weighted by atomic mass is 10.1. The zero-order chi connectivity index (χ0) is 23.8. The number of azo groups is 1. The lowest BCUT2D eigenvalue weighted by Crippen LogP contribution is -2.01. The summed E-state index contributed by atoms with van der Waals surface area (Å²) in [5.41, 5.74) is 7.35. The van der Waals surface area contributed by atoms with Gasteiger partial charge in [0, 0.05) is 5.56 Å². The largest absolute Gasteiger partial charge is 0.497 e. The van der Waals surface area contributed by atoms with Crippen molar-refractivity contribution < 1.29 is 4.74 Å². The molecule has 0 spiro atoms. The van der Waals surface area contributed by atoms with Crippen LogP contribution in [0.15, 0.2) is 88.1 Å². The average Bonchev–Trinajstić information content (AvgIpc) is 2.88. The number of amidine groups is 1. The molecule has 172 valence electrons. The first kappa shape index (κ1) is 23.3. The topological polar surface area (TPSA) is 84.1 Å². The number of hydrogen-bond acceptors (Lipinski definition) is 6. The smallest absolute Gasteiger partial charge is 0.212 e. The number of aryl methyl sites for hydroxylation is 1. The molecule has 7 nitrogen and oxygen atoms in total. The molecule has 0 unspecified atom stereocenters. The third-order valence-corrected chi connectivity index (χ3v) is 5.42.